The van der Waals surface area contributed by atoms with Gasteiger partial charge in [0.05, 0.1) is 0 Å². The highest BCUT2D eigenvalue weighted by molar-refractivity contribution is 7.18. The number of hydrogen-bond acceptors (Lipinski definition) is 5. The Bertz CT molecular complexity index is 806. The minimum absolute atomic E-state index is 0.264. The Morgan fingerprint density at radius 3 is 2.82 bits per heavy atom. The first-order chi connectivity index (χ1) is 10.6. The fourth-order valence-electron chi connectivity index (χ4n) is 1.86. The maximum atomic E-state index is 13.2. The lowest BCUT2D eigenvalue weighted by atomic mass is 10.2. The first-order valence-corrected chi connectivity index (χ1v) is 7.24. The van der Waals surface area contributed by atoms with Crippen LogP contribution in [0.2, 0.25) is 0 Å². The van der Waals surface area contributed by atoms with Crippen LogP contribution in [-0.2, 0) is 0 Å². The van der Waals surface area contributed by atoms with Crippen LogP contribution in [0.25, 0.3) is 10.6 Å². The molecule has 0 spiro atoms. The summed E-state index contributed by atoms with van der Waals surface area (Å²) < 4.78 is 13.2. The normalized spacial score (nSPS) is 10.5. The van der Waals surface area contributed by atoms with Crippen molar-refractivity contribution in [3.05, 3.63) is 60.2 Å². The Hall–Kier alpha value is -2.67. The van der Waals surface area contributed by atoms with Crippen molar-refractivity contribution in [1.82, 2.24) is 15.2 Å². The van der Waals surface area contributed by atoms with Gasteiger partial charge in [-0.15, -0.1) is 10.2 Å². The van der Waals surface area contributed by atoms with Crippen molar-refractivity contribution in [2.45, 2.75) is 0 Å². The Kier molecular flexibility index (Phi) is 3.88. The van der Waals surface area contributed by atoms with Gasteiger partial charge in [0.25, 0.3) is 5.91 Å². The lowest BCUT2D eigenvalue weighted by molar-refractivity contribution is 0.0992. The average Bonchev–Trinajstić information content (AvgIpc) is 3.04. The molecule has 3 aromatic rings. The number of anilines is 1. The van der Waals surface area contributed by atoms with Crippen molar-refractivity contribution < 1.29 is 9.18 Å². The third kappa shape index (κ3) is 2.84. The van der Waals surface area contributed by atoms with Gasteiger partial charge in [-0.1, -0.05) is 17.4 Å². The molecule has 22 heavy (non-hydrogen) atoms. The van der Waals surface area contributed by atoms with Gasteiger partial charge in [-0.05, 0) is 30.3 Å². The lowest BCUT2D eigenvalue weighted by Gasteiger charge is -2.12. The van der Waals surface area contributed by atoms with E-state index in [0.717, 1.165) is 5.56 Å². The van der Waals surface area contributed by atoms with Gasteiger partial charge < -0.3 is 0 Å². The average molecular weight is 314 g/mol. The quantitative estimate of drug-likeness (QED) is 0.745. The molecule has 0 radical (unpaired) electrons. The molecule has 0 saturated heterocycles. The number of benzene rings is 1. The molecule has 7 heteroatoms. The van der Waals surface area contributed by atoms with E-state index in [1.54, 1.807) is 31.6 Å². The molecule has 3 rings (SSSR count). The number of halogens is 1. The molecule has 0 aliphatic heterocycles. The summed E-state index contributed by atoms with van der Waals surface area (Å²) in [5.41, 5.74) is 1.10. The van der Waals surface area contributed by atoms with E-state index in [4.69, 9.17) is 0 Å². The van der Waals surface area contributed by atoms with Gasteiger partial charge in [-0.25, -0.2) is 4.39 Å². The van der Waals surface area contributed by atoms with E-state index < -0.39 is 5.82 Å². The van der Waals surface area contributed by atoms with E-state index in [-0.39, 0.29) is 11.5 Å². The van der Waals surface area contributed by atoms with Crippen molar-refractivity contribution in [2.75, 3.05) is 11.9 Å². The van der Waals surface area contributed by atoms with E-state index in [2.05, 4.69) is 15.2 Å². The summed E-state index contributed by atoms with van der Waals surface area (Å²) >= 11 is 1.27. The molecular formula is C15H11FN4OS. The van der Waals surface area contributed by atoms with Crippen LogP contribution in [0.5, 0.6) is 0 Å². The molecule has 0 aliphatic rings. The number of amides is 1. The number of carbonyl (C=O) groups excluding carboxylic acids is 1. The van der Waals surface area contributed by atoms with Crippen LogP contribution in [0.3, 0.4) is 0 Å². The number of carbonyl (C=O) groups is 1. The third-order valence-corrected chi connectivity index (χ3v) is 4.03. The Morgan fingerprint density at radius 1 is 1.23 bits per heavy atom. The summed E-state index contributed by atoms with van der Waals surface area (Å²) in [7, 11) is 1.58. The van der Waals surface area contributed by atoms with Crippen LogP contribution < -0.4 is 4.90 Å². The highest BCUT2D eigenvalue weighted by atomic mass is 32.1. The van der Waals surface area contributed by atoms with Gasteiger partial charge in [-0.3, -0.25) is 14.7 Å². The molecule has 2 heterocycles. The highest BCUT2D eigenvalue weighted by Crippen LogP contribution is 2.28. The monoisotopic (exact) mass is 314 g/mol. The molecular weight excluding hydrogens is 303 g/mol. The van der Waals surface area contributed by atoms with Gasteiger partial charge in [0.1, 0.15) is 5.82 Å². The smallest absolute Gasteiger partial charge is 0.259 e. The zero-order valence-electron chi connectivity index (χ0n) is 11.6. The van der Waals surface area contributed by atoms with Crippen LogP contribution in [0.15, 0.2) is 48.8 Å². The zero-order chi connectivity index (χ0) is 15.5. The summed E-state index contributed by atoms with van der Waals surface area (Å²) in [6, 6.07) is 9.22. The van der Waals surface area contributed by atoms with Gasteiger partial charge >= 0.3 is 0 Å². The number of pyridine rings is 1. The predicted molar refractivity (Wildman–Crippen MR) is 82.3 cm³/mol. The van der Waals surface area contributed by atoms with E-state index in [1.165, 1.54) is 34.4 Å². The molecule has 110 valence electrons. The topological polar surface area (TPSA) is 59.0 Å². The van der Waals surface area contributed by atoms with Crippen LogP contribution in [0, 0.1) is 5.82 Å². The summed E-state index contributed by atoms with van der Waals surface area (Å²) in [6.45, 7) is 0. The minimum Gasteiger partial charge on any atom is -0.286 e. The second-order valence-corrected chi connectivity index (χ2v) is 5.46. The number of rotatable bonds is 3. The molecule has 0 bridgehead atoms. The molecule has 0 saturated carbocycles. The molecule has 1 aromatic carbocycles. The van der Waals surface area contributed by atoms with Crippen molar-refractivity contribution in [3.63, 3.8) is 0 Å². The van der Waals surface area contributed by atoms with E-state index in [1.807, 2.05) is 6.07 Å². The number of aromatic nitrogens is 3. The van der Waals surface area contributed by atoms with Gasteiger partial charge in [0.2, 0.25) is 5.13 Å². The third-order valence-electron chi connectivity index (χ3n) is 2.99. The molecule has 5 nitrogen and oxygen atoms in total. The van der Waals surface area contributed by atoms with E-state index >= 15 is 0 Å². The Balaban J connectivity index is 1.85. The number of hydrogen-bond donors (Lipinski definition) is 0. The predicted octanol–water partition coefficient (Wildman–Crippen LogP) is 3.02. The second-order valence-electron chi connectivity index (χ2n) is 4.51. The van der Waals surface area contributed by atoms with Crippen LogP contribution in [0.4, 0.5) is 9.52 Å². The van der Waals surface area contributed by atoms with Crippen LogP contribution >= 0.6 is 11.3 Å². The molecule has 0 atom stereocenters. The molecule has 1 amide bonds. The molecule has 0 aliphatic carbocycles. The fourth-order valence-corrected chi connectivity index (χ4v) is 2.65. The van der Waals surface area contributed by atoms with Crippen LogP contribution in [0.1, 0.15) is 10.4 Å². The van der Waals surface area contributed by atoms with E-state index in [9.17, 15) is 9.18 Å². The molecule has 2 aromatic heterocycles. The second kappa shape index (κ2) is 5.98. The standard InChI is InChI=1S/C15H11FN4OS/c1-20(14(21)10-4-2-6-12(16)8-10)15-19-18-13(22-15)11-5-3-7-17-9-11/h2-9H,1H3. The highest BCUT2D eigenvalue weighted by Gasteiger charge is 2.18. The van der Waals surface area contributed by atoms with Gasteiger partial charge in [-0.2, -0.15) is 0 Å². The maximum absolute atomic E-state index is 13.2. The SMILES string of the molecule is CN(C(=O)c1cccc(F)c1)c1nnc(-c2cccnc2)s1. The summed E-state index contributed by atoms with van der Waals surface area (Å²) in [6.07, 6.45) is 3.35. The van der Waals surface area contributed by atoms with Crippen molar-refractivity contribution in [2.24, 2.45) is 0 Å². The molecule has 0 unspecified atom stereocenters. The molecule has 0 N–H and O–H groups in total. The summed E-state index contributed by atoms with van der Waals surface area (Å²) in [5.74, 6) is -0.791. The van der Waals surface area contributed by atoms with E-state index in [0.29, 0.717) is 10.1 Å². The number of nitrogens with zero attached hydrogens (tertiary/aromatic N) is 4. The van der Waals surface area contributed by atoms with Gasteiger partial charge in [0, 0.05) is 30.6 Å². The minimum atomic E-state index is -0.451. The summed E-state index contributed by atoms with van der Waals surface area (Å²) in [5, 5.41) is 9.18. The summed E-state index contributed by atoms with van der Waals surface area (Å²) in [4.78, 5) is 17.7. The lowest BCUT2D eigenvalue weighted by Crippen LogP contribution is -2.26. The van der Waals surface area contributed by atoms with Crippen molar-refractivity contribution in [1.29, 1.82) is 0 Å². The largest absolute Gasteiger partial charge is 0.286 e. The fraction of sp³-hybridized carbons (Fsp3) is 0.0667. The molecule has 0 fully saturated rings. The Labute approximate surface area is 130 Å². The first-order valence-electron chi connectivity index (χ1n) is 6.42. The van der Waals surface area contributed by atoms with Crippen LogP contribution in [-0.4, -0.2) is 28.1 Å². The van der Waals surface area contributed by atoms with Gasteiger partial charge in [0.15, 0.2) is 5.01 Å². The zero-order valence-corrected chi connectivity index (χ0v) is 12.4. The Morgan fingerprint density at radius 2 is 2.09 bits per heavy atom. The van der Waals surface area contributed by atoms with Crippen molar-refractivity contribution >= 4 is 22.4 Å². The first kappa shape index (κ1) is 14.3. The maximum Gasteiger partial charge on any atom is 0.259 e. The van der Waals surface area contributed by atoms with Crippen molar-refractivity contribution in [3.8, 4) is 10.6 Å².